The second kappa shape index (κ2) is 4.07. The van der Waals surface area contributed by atoms with E-state index in [9.17, 15) is 4.39 Å². The van der Waals surface area contributed by atoms with Crippen LogP contribution in [-0.2, 0) is 0 Å². The van der Waals surface area contributed by atoms with Gasteiger partial charge in [0, 0.05) is 0 Å². The first-order valence-electron chi connectivity index (χ1n) is 3.67. The summed E-state index contributed by atoms with van der Waals surface area (Å²) in [6.07, 6.45) is 0. The predicted octanol–water partition coefficient (Wildman–Crippen LogP) is 2.11. The van der Waals surface area contributed by atoms with Crippen molar-refractivity contribution in [1.82, 2.24) is 0 Å². The van der Waals surface area contributed by atoms with Crippen LogP contribution in [0.3, 0.4) is 0 Å². The molecule has 3 heteroatoms. The number of benzene rings is 1. The van der Waals surface area contributed by atoms with Gasteiger partial charge in [0.2, 0.25) is 0 Å². The monoisotopic (exact) mass is 169 g/mol. The summed E-state index contributed by atoms with van der Waals surface area (Å²) in [7, 11) is 0. The first kappa shape index (κ1) is 9.00. The summed E-state index contributed by atoms with van der Waals surface area (Å²) >= 11 is 0. The smallest absolute Gasteiger partial charge is 0.165 e. The highest BCUT2D eigenvalue weighted by Gasteiger charge is 2.02. The lowest BCUT2D eigenvalue weighted by molar-refractivity contribution is 0.321. The van der Waals surface area contributed by atoms with Crippen LogP contribution >= 0.6 is 0 Å². The average Bonchev–Trinajstić information content (AvgIpc) is 2.09. The number of hydrogen-bond donors (Lipinski definition) is 1. The molecule has 0 aliphatic rings. The van der Waals surface area contributed by atoms with E-state index in [1.165, 1.54) is 12.1 Å². The van der Waals surface area contributed by atoms with Gasteiger partial charge in [-0.1, -0.05) is 6.07 Å². The zero-order valence-electron chi connectivity index (χ0n) is 6.75. The van der Waals surface area contributed by atoms with Crippen molar-refractivity contribution in [3.05, 3.63) is 36.2 Å². The minimum atomic E-state index is -0.459. The molecular formula is C9H10FO2. The van der Waals surface area contributed by atoms with Gasteiger partial charge in [-0.3, -0.25) is 0 Å². The molecule has 0 saturated heterocycles. The van der Waals surface area contributed by atoms with E-state index in [0.29, 0.717) is 12.2 Å². The van der Waals surface area contributed by atoms with Crippen molar-refractivity contribution in [2.75, 3.05) is 6.61 Å². The Morgan fingerprint density at radius 3 is 2.83 bits per heavy atom. The third kappa shape index (κ3) is 1.95. The molecule has 65 valence electrons. The summed E-state index contributed by atoms with van der Waals surface area (Å²) in [5, 5.41) is 8.55. The Kier molecular flexibility index (Phi) is 3.05. The van der Waals surface area contributed by atoms with Gasteiger partial charge in [0.1, 0.15) is 6.61 Å². The quantitative estimate of drug-likeness (QED) is 0.750. The zero-order chi connectivity index (χ0) is 8.97. The van der Waals surface area contributed by atoms with Crippen LogP contribution in [0, 0.1) is 12.4 Å². The molecule has 12 heavy (non-hydrogen) atoms. The van der Waals surface area contributed by atoms with E-state index in [2.05, 4.69) is 0 Å². The lowest BCUT2D eigenvalue weighted by Crippen LogP contribution is -1.95. The second-order valence-electron chi connectivity index (χ2n) is 2.25. The van der Waals surface area contributed by atoms with Gasteiger partial charge < -0.3 is 9.84 Å². The minimum Gasteiger partial charge on any atom is -0.491 e. The van der Waals surface area contributed by atoms with Gasteiger partial charge >= 0.3 is 0 Å². The van der Waals surface area contributed by atoms with E-state index in [1.54, 1.807) is 13.0 Å². The summed E-state index contributed by atoms with van der Waals surface area (Å²) in [4.78, 5) is 0. The Hall–Kier alpha value is -1.09. The topological polar surface area (TPSA) is 29.5 Å². The van der Waals surface area contributed by atoms with Gasteiger partial charge in [0.15, 0.2) is 11.6 Å². The molecule has 0 spiro atoms. The van der Waals surface area contributed by atoms with E-state index < -0.39 is 5.82 Å². The van der Waals surface area contributed by atoms with Crippen LogP contribution in [-0.4, -0.2) is 11.7 Å². The molecule has 0 heterocycles. The molecular weight excluding hydrogens is 159 g/mol. The van der Waals surface area contributed by atoms with Crippen molar-refractivity contribution in [1.29, 1.82) is 0 Å². The van der Waals surface area contributed by atoms with Crippen molar-refractivity contribution in [3.8, 4) is 5.75 Å². The van der Waals surface area contributed by atoms with Crippen LogP contribution in [0.1, 0.15) is 12.5 Å². The molecule has 1 N–H and O–H groups in total. The number of rotatable bonds is 3. The summed E-state index contributed by atoms with van der Waals surface area (Å²) in [5.41, 5.74) is 0.427. The summed E-state index contributed by atoms with van der Waals surface area (Å²) in [6.45, 7) is 3.06. The van der Waals surface area contributed by atoms with Crippen molar-refractivity contribution in [2.45, 2.75) is 6.92 Å². The predicted molar refractivity (Wildman–Crippen MR) is 42.9 cm³/mol. The van der Waals surface area contributed by atoms with E-state index in [0.717, 1.165) is 6.61 Å². The Morgan fingerprint density at radius 1 is 1.58 bits per heavy atom. The molecule has 0 fully saturated rings. The molecule has 0 aliphatic carbocycles. The number of halogens is 1. The molecule has 0 amide bonds. The van der Waals surface area contributed by atoms with E-state index in [4.69, 9.17) is 9.84 Å². The summed E-state index contributed by atoms with van der Waals surface area (Å²) in [6, 6.07) is 4.28. The van der Waals surface area contributed by atoms with Gasteiger partial charge in [-0.15, -0.1) is 0 Å². The molecule has 0 unspecified atom stereocenters. The van der Waals surface area contributed by atoms with Crippen molar-refractivity contribution >= 4 is 0 Å². The molecule has 0 bridgehead atoms. The Morgan fingerprint density at radius 2 is 2.33 bits per heavy atom. The molecule has 1 aromatic carbocycles. The maximum absolute atomic E-state index is 13.0. The lowest BCUT2D eigenvalue weighted by Gasteiger charge is -2.04. The highest BCUT2D eigenvalue weighted by molar-refractivity contribution is 5.31. The fourth-order valence-corrected chi connectivity index (χ4v) is 0.870. The Bertz CT molecular complexity index is 261. The average molecular weight is 169 g/mol. The standard InChI is InChI=1S/C9H10FO2/c1-2-12-9-4-3-7(6-11)5-8(9)10/h3-6,11H,2H2,1H3. The SMILES string of the molecule is CCOc1ccc([CH]O)cc1F. The van der Waals surface area contributed by atoms with Crippen molar-refractivity contribution in [2.24, 2.45) is 0 Å². The number of aliphatic hydroxyl groups excluding tert-OH is 1. The third-order valence-corrected chi connectivity index (χ3v) is 1.40. The zero-order valence-corrected chi connectivity index (χ0v) is 6.75. The van der Waals surface area contributed by atoms with Crippen molar-refractivity contribution in [3.63, 3.8) is 0 Å². The molecule has 0 saturated carbocycles. The molecule has 0 aromatic heterocycles. The molecule has 0 atom stereocenters. The number of aliphatic hydroxyl groups is 1. The molecule has 2 nitrogen and oxygen atoms in total. The maximum atomic E-state index is 13.0. The summed E-state index contributed by atoms with van der Waals surface area (Å²) < 4.78 is 17.9. The largest absolute Gasteiger partial charge is 0.491 e. The van der Waals surface area contributed by atoms with E-state index in [-0.39, 0.29) is 5.75 Å². The second-order valence-corrected chi connectivity index (χ2v) is 2.25. The van der Waals surface area contributed by atoms with Crippen LogP contribution in [0.25, 0.3) is 0 Å². The van der Waals surface area contributed by atoms with Gasteiger partial charge in [-0.25, -0.2) is 4.39 Å². The molecule has 1 rings (SSSR count). The Labute approximate surface area is 70.6 Å². The van der Waals surface area contributed by atoms with Crippen molar-refractivity contribution < 1.29 is 14.2 Å². The van der Waals surface area contributed by atoms with Gasteiger partial charge in [0.05, 0.1) is 6.61 Å². The number of ether oxygens (including phenoxy) is 1. The minimum absolute atomic E-state index is 0.211. The molecule has 1 radical (unpaired) electrons. The van der Waals surface area contributed by atoms with Crippen LogP contribution in [0.15, 0.2) is 18.2 Å². The lowest BCUT2D eigenvalue weighted by atomic mass is 10.2. The Balaban J connectivity index is 2.87. The molecule has 0 aliphatic heterocycles. The number of hydrogen-bond acceptors (Lipinski definition) is 2. The fraction of sp³-hybridized carbons (Fsp3) is 0.222. The maximum Gasteiger partial charge on any atom is 0.165 e. The molecule has 1 aromatic rings. The first-order valence-corrected chi connectivity index (χ1v) is 3.67. The fourth-order valence-electron chi connectivity index (χ4n) is 0.870. The van der Waals surface area contributed by atoms with Gasteiger partial charge in [-0.05, 0) is 24.6 Å². The highest BCUT2D eigenvalue weighted by Crippen LogP contribution is 2.18. The normalized spacial score (nSPS) is 9.92. The van der Waals surface area contributed by atoms with Gasteiger partial charge in [-0.2, -0.15) is 0 Å². The van der Waals surface area contributed by atoms with E-state index >= 15 is 0 Å². The third-order valence-electron chi connectivity index (χ3n) is 1.40. The first-order chi connectivity index (χ1) is 5.77. The van der Waals surface area contributed by atoms with Gasteiger partial charge in [0.25, 0.3) is 0 Å². The van der Waals surface area contributed by atoms with E-state index in [1.807, 2.05) is 0 Å². The van der Waals surface area contributed by atoms with Crippen LogP contribution in [0.5, 0.6) is 5.75 Å². The highest BCUT2D eigenvalue weighted by atomic mass is 19.1. The summed E-state index contributed by atoms with van der Waals surface area (Å²) in [5.74, 6) is -0.247. The van der Waals surface area contributed by atoms with Crippen LogP contribution in [0.4, 0.5) is 4.39 Å². The van der Waals surface area contributed by atoms with Crippen LogP contribution in [0.2, 0.25) is 0 Å². The van der Waals surface area contributed by atoms with Crippen LogP contribution < -0.4 is 4.74 Å².